The topological polar surface area (TPSA) is 90.5 Å². The SMILES string of the molecule is Cc1nccn1CCNC(CO)(CO)CO. The summed E-state index contributed by atoms with van der Waals surface area (Å²) in [5, 5.41) is 30.2. The summed E-state index contributed by atoms with van der Waals surface area (Å²) in [5.41, 5.74) is -1.01. The van der Waals surface area contributed by atoms with Crippen LogP contribution in [0.3, 0.4) is 0 Å². The molecule has 0 aliphatic carbocycles. The van der Waals surface area contributed by atoms with E-state index in [-0.39, 0.29) is 19.8 Å². The molecule has 16 heavy (non-hydrogen) atoms. The van der Waals surface area contributed by atoms with Gasteiger partial charge in [0, 0.05) is 25.5 Å². The molecule has 1 aromatic rings. The number of aryl methyl sites for hydroxylation is 1. The van der Waals surface area contributed by atoms with E-state index < -0.39 is 5.54 Å². The lowest BCUT2D eigenvalue weighted by Crippen LogP contribution is -2.55. The molecule has 0 aliphatic rings. The molecule has 0 aliphatic heterocycles. The van der Waals surface area contributed by atoms with E-state index >= 15 is 0 Å². The molecule has 0 aromatic carbocycles. The number of imidazole rings is 1. The highest BCUT2D eigenvalue weighted by atomic mass is 16.3. The lowest BCUT2D eigenvalue weighted by molar-refractivity contribution is 0.0422. The Kier molecular flexibility index (Phi) is 4.88. The maximum Gasteiger partial charge on any atom is 0.105 e. The Morgan fingerprint density at radius 1 is 1.31 bits per heavy atom. The molecule has 6 nitrogen and oxygen atoms in total. The van der Waals surface area contributed by atoms with Gasteiger partial charge in [-0.25, -0.2) is 4.98 Å². The van der Waals surface area contributed by atoms with Crippen LogP contribution in [0.1, 0.15) is 5.82 Å². The van der Waals surface area contributed by atoms with Gasteiger partial charge in [0.25, 0.3) is 0 Å². The van der Waals surface area contributed by atoms with Crippen LogP contribution in [-0.4, -0.2) is 56.8 Å². The van der Waals surface area contributed by atoms with Crippen molar-refractivity contribution < 1.29 is 15.3 Å². The summed E-state index contributed by atoms with van der Waals surface area (Å²) >= 11 is 0. The van der Waals surface area contributed by atoms with E-state index in [1.807, 2.05) is 17.7 Å². The van der Waals surface area contributed by atoms with Crippen molar-refractivity contribution in [3.63, 3.8) is 0 Å². The third-order valence-electron chi connectivity index (χ3n) is 2.68. The fourth-order valence-corrected chi connectivity index (χ4v) is 1.40. The van der Waals surface area contributed by atoms with Gasteiger partial charge < -0.3 is 25.2 Å². The van der Waals surface area contributed by atoms with Crippen molar-refractivity contribution in [3.05, 3.63) is 18.2 Å². The van der Waals surface area contributed by atoms with Crippen molar-refractivity contribution in [1.29, 1.82) is 0 Å². The van der Waals surface area contributed by atoms with E-state index in [0.717, 1.165) is 5.82 Å². The summed E-state index contributed by atoms with van der Waals surface area (Å²) in [7, 11) is 0. The molecule has 0 spiro atoms. The van der Waals surface area contributed by atoms with Crippen molar-refractivity contribution in [2.75, 3.05) is 26.4 Å². The highest BCUT2D eigenvalue weighted by Gasteiger charge is 2.26. The van der Waals surface area contributed by atoms with E-state index in [9.17, 15) is 0 Å². The second kappa shape index (κ2) is 5.95. The highest BCUT2D eigenvalue weighted by molar-refractivity contribution is 4.90. The number of nitrogens with zero attached hydrogens (tertiary/aromatic N) is 2. The van der Waals surface area contributed by atoms with Crippen LogP contribution in [0.25, 0.3) is 0 Å². The smallest absolute Gasteiger partial charge is 0.105 e. The predicted octanol–water partition coefficient (Wildman–Crippen LogP) is -1.50. The number of hydrogen-bond donors (Lipinski definition) is 4. The molecule has 0 unspecified atom stereocenters. The average Bonchev–Trinajstić information content (AvgIpc) is 2.71. The summed E-state index contributed by atoms with van der Waals surface area (Å²) in [5.74, 6) is 0.907. The number of aliphatic hydroxyl groups is 3. The lowest BCUT2D eigenvalue weighted by atomic mass is 10.0. The minimum Gasteiger partial charge on any atom is -0.394 e. The quantitative estimate of drug-likeness (QED) is 0.457. The number of hydrogen-bond acceptors (Lipinski definition) is 5. The van der Waals surface area contributed by atoms with Gasteiger partial charge in [0.1, 0.15) is 5.82 Å². The van der Waals surface area contributed by atoms with Crippen molar-refractivity contribution >= 4 is 0 Å². The molecule has 1 aromatic heterocycles. The van der Waals surface area contributed by atoms with Crippen LogP contribution in [0.5, 0.6) is 0 Å². The lowest BCUT2D eigenvalue weighted by Gasteiger charge is -2.28. The first-order chi connectivity index (χ1) is 7.67. The second-order valence-electron chi connectivity index (χ2n) is 3.85. The Hall–Kier alpha value is -0.950. The Balaban J connectivity index is 2.42. The minimum absolute atomic E-state index is 0.303. The molecule has 0 saturated carbocycles. The molecule has 0 radical (unpaired) electrons. The van der Waals surface area contributed by atoms with Gasteiger partial charge in [0.2, 0.25) is 0 Å². The Morgan fingerprint density at radius 2 is 1.94 bits per heavy atom. The van der Waals surface area contributed by atoms with Crippen LogP contribution < -0.4 is 5.32 Å². The van der Waals surface area contributed by atoms with Gasteiger partial charge >= 0.3 is 0 Å². The van der Waals surface area contributed by atoms with E-state index in [4.69, 9.17) is 15.3 Å². The molecule has 0 fully saturated rings. The summed E-state index contributed by atoms with van der Waals surface area (Å²) in [4.78, 5) is 4.08. The van der Waals surface area contributed by atoms with Gasteiger partial charge in [0.15, 0.2) is 0 Å². The Bertz CT molecular complexity index is 302. The van der Waals surface area contributed by atoms with Crippen LogP contribution in [0.4, 0.5) is 0 Å². The summed E-state index contributed by atoms with van der Waals surface area (Å²) < 4.78 is 1.95. The van der Waals surface area contributed by atoms with Crippen LogP contribution in [0.15, 0.2) is 12.4 Å². The fraction of sp³-hybridized carbons (Fsp3) is 0.700. The first-order valence-electron chi connectivity index (χ1n) is 5.23. The molecule has 1 heterocycles. The third kappa shape index (κ3) is 3.02. The van der Waals surface area contributed by atoms with Gasteiger partial charge in [-0.3, -0.25) is 0 Å². The van der Waals surface area contributed by atoms with Crippen LogP contribution in [-0.2, 0) is 6.54 Å². The van der Waals surface area contributed by atoms with Gasteiger partial charge in [-0.15, -0.1) is 0 Å². The molecular weight excluding hydrogens is 210 g/mol. The van der Waals surface area contributed by atoms with Gasteiger partial charge in [-0.1, -0.05) is 0 Å². The zero-order valence-corrected chi connectivity index (χ0v) is 9.43. The van der Waals surface area contributed by atoms with Gasteiger partial charge in [-0.2, -0.15) is 0 Å². The van der Waals surface area contributed by atoms with E-state index in [1.165, 1.54) is 0 Å². The molecule has 0 saturated heterocycles. The average molecular weight is 229 g/mol. The first kappa shape index (κ1) is 13.1. The Labute approximate surface area is 94.6 Å². The van der Waals surface area contributed by atoms with Crippen LogP contribution in [0.2, 0.25) is 0 Å². The Morgan fingerprint density at radius 3 is 2.38 bits per heavy atom. The maximum atomic E-state index is 9.09. The molecule has 92 valence electrons. The standard InChI is InChI=1S/C10H19N3O3/c1-9-11-2-4-13(9)5-3-12-10(6-14,7-15)8-16/h2,4,12,14-16H,3,5-8H2,1H3. The minimum atomic E-state index is -1.01. The second-order valence-corrected chi connectivity index (χ2v) is 3.85. The molecule has 0 bridgehead atoms. The molecule has 4 N–H and O–H groups in total. The first-order valence-corrected chi connectivity index (χ1v) is 5.23. The number of aliphatic hydroxyl groups excluding tert-OH is 3. The third-order valence-corrected chi connectivity index (χ3v) is 2.68. The zero-order chi connectivity index (χ0) is 12.0. The molecule has 6 heteroatoms. The van der Waals surface area contributed by atoms with Crippen LogP contribution >= 0.6 is 0 Å². The van der Waals surface area contributed by atoms with E-state index in [0.29, 0.717) is 13.1 Å². The maximum absolute atomic E-state index is 9.09. The largest absolute Gasteiger partial charge is 0.394 e. The highest BCUT2D eigenvalue weighted by Crippen LogP contribution is 2.01. The number of rotatable bonds is 7. The molecular formula is C10H19N3O3. The molecule has 0 atom stereocenters. The van der Waals surface area contributed by atoms with Crippen molar-refractivity contribution in [2.45, 2.75) is 19.0 Å². The number of nitrogens with one attached hydrogen (secondary N) is 1. The van der Waals surface area contributed by atoms with Crippen molar-refractivity contribution in [1.82, 2.24) is 14.9 Å². The van der Waals surface area contributed by atoms with Crippen molar-refractivity contribution in [3.8, 4) is 0 Å². The van der Waals surface area contributed by atoms with Gasteiger partial charge in [-0.05, 0) is 6.92 Å². The van der Waals surface area contributed by atoms with E-state index in [1.54, 1.807) is 6.20 Å². The zero-order valence-electron chi connectivity index (χ0n) is 9.43. The van der Waals surface area contributed by atoms with E-state index in [2.05, 4.69) is 10.3 Å². The monoisotopic (exact) mass is 229 g/mol. The van der Waals surface area contributed by atoms with Gasteiger partial charge in [0.05, 0.1) is 25.4 Å². The predicted molar refractivity (Wildman–Crippen MR) is 59.0 cm³/mol. The molecule has 0 amide bonds. The van der Waals surface area contributed by atoms with Crippen molar-refractivity contribution in [2.24, 2.45) is 0 Å². The summed E-state index contributed by atoms with van der Waals surface area (Å²) in [6.07, 6.45) is 3.57. The van der Waals surface area contributed by atoms with Crippen LogP contribution in [0, 0.1) is 6.92 Å². The summed E-state index contributed by atoms with van der Waals surface area (Å²) in [6.45, 7) is 2.21. The normalized spacial score (nSPS) is 12.0. The summed E-state index contributed by atoms with van der Waals surface area (Å²) in [6, 6.07) is 0. The molecule has 1 rings (SSSR count). The number of aromatic nitrogens is 2. The fourth-order valence-electron chi connectivity index (χ4n) is 1.40.